The molecule has 0 aliphatic carbocycles. The van der Waals surface area contributed by atoms with Crippen molar-refractivity contribution in [3.05, 3.63) is 35.8 Å². The molecule has 0 bridgehead atoms. The summed E-state index contributed by atoms with van der Waals surface area (Å²) in [5.41, 5.74) is 4.01. The predicted molar refractivity (Wildman–Crippen MR) is 80.1 cm³/mol. The van der Waals surface area contributed by atoms with Gasteiger partial charge in [0.1, 0.15) is 6.07 Å². The first kappa shape index (κ1) is 13.6. The molecule has 0 amide bonds. The van der Waals surface area contributed by atoms with Crippen LogP contribution in [0.25, 0.3) is 0 Å². The molecule has 8 nitrogen and oxygen atoms in total. The lowest BCUT2D eigenvalue weighted by atomic mass is 10.1. The highest BCUT2D eigenvalue weighted by molar-refractivity contribution is 6.51. The molecule has 3 rings (SSSR count). The van der Waals surface area contributed by atoms with Crippen molar-refractivity contribution < 1.29 is 9.53 Å². The van der Waals surface area contributed by atoms with Crippen molar-refractivity contribution in [3.8, 4) is 6.07 Å². The highest BCUT2D eigenvalue weighted by Gasteiger charge is 2.36. The van der Waals surface area contributed by atoms with Gasteiger partial charge < -0.3 is 10.1 Å². The summed E-state index contributed by atoms with van der Waals surface area (Å²) in [6.45, 7) is 1.93. The Labute approximate surface area is 126 Å². The lowest BCUT2D eigenvalue weighted by Gasteiger charge is -2.36. The second-order valence-electron chi connectivity index (χ2n) is 4.45. The zero-order chi connectivity index (χ0) is 15.7. The molecule has 0 radical (unpaired) electrons. The summed E-state index contributed by atoms with van der Waals surface area (Å²) in [6.07, 6.45) is 0. The lowest BCUT2D eigenvalue weighted by molar-refractivity contribution is -0.138. The molecule has 22 heavy (non-hydrogen) atoms. The van der Waals surface area contributed by atoms with Crippen molar-refractivity contribution >= 4 is 28.9 Å². The van der Waals surface area contributed by atoms with Gasteiger partial charge in [-0.15, -0.1) is 0 Å². The number of carbonyl (C=O) groups excluding carboxylic acids is 1. The predicted octanol–water partition coefficient (Wildman–Crippen LogP) is 1.11. The maximum Gasteiger partial charge on any atom is 0.358 e. The van der Waals surface area contributed by atoms with Crippen LogP contribution in [-0.2, 0) is 9.53 Å². The van der Waals surface area contributed by atoms with E-state index in [0.29, 0.717) is 11.4 Å². The number of nitrogens with zero attached hydrogens (tertiary/aromatic N) is 3. The van der Waals surface area contributed by atoms with Gasteiger partial charge in [-0.1, -0.05) is 12.1 Å². The SMILES string of the molecule is CCOC(=O)C1=C2NN=C(C#N)C(=N)N2c2ccccc2N1. The number of benzene rings is 1. The molecule has 2 heterocycles. The molecular weight excluding hydrogens is 284 g/mol. The number of hydrogen-bond donors (Lipinski definition) is 3. The van der Waals surface area contributed by atoms with Crippen LogP contribution in [0.4, 0.5) is 11.4 Å². The van der Waals surface area contributed by atoms with Crippen LogP contribution in [0, 0.1) is 16.7 Å². The fourth-order valence-electron chi connectivity index (χ4n) is 2.24. The Morgan fingerprint density at radius 2 is 2.27 bits per heavy atom. The van der Waals surface area contributed by atoms with Crippen LogP contribution in [-0.4, -0.2) is 24.1 Å². The van der Waals surface area contributed by atoms with Crippen molar-refractivity contribution in [2.75, 3.05) is 16.8 Å². The molecule has 0 fully saturated rings. The topological polar surface area (TPSA) is 114 Å². The summed E-state index contributed by atoms with van der Waals surface area (Å²) in [6, 6.07) is 9.01. The van der Waals surface area contributed by atoms with E-state index in [4.69, 9.17) is 15.4 Å². The number of fused-ring (bicyclic) bond motifs is 3. The molecule has 0 atom stereocenters. The number of carbonyl (C=O) groups is 1. The summed E-state index contributed by atoms with van der Waals surface area (Å²) in [7, 11) is 0. The van der Waals surface area contributed by atoms with Gasteiger partial charge in [-0.3, -0.25) is 15.7 Å². The largest absolute Gasteiger partial charge is 0.461 e. The first-order valence-corrected chi connectivity index (χ1v) is 6.57. The number of hydrazone groups is 1. The van der Waals surface area contributed by atoms with Gasteiger partial charge in [-0.25, -0.2) is 4.79 Å². The summed E-state index contributed by atoms with van der Waals surface area (Å²) in [5, 5.41) is 24.0. The third-order valence-corrected chi connectivity index (χ3v) is 3.17. The van der Waals surface area contributed by atoms with E-state index < -0.39 is 5.97 Å². The fourth-order valence-corrected chi connectivity index (χ4v) is 2.24. The zero-order valence-electron chi connectivity index (χ0n) is 11.7. The van der Waals surface area contributed by atoms with Crippen LogP contribution in [0.3, 0.4) is 0 Å². The fraction of sp³-hybridized carbons (Fsp3) is 0.143. The van der Waals surface area contributed by atoms with Gasteiger partial charge >= 0.3 is 5.97 Å². The van der Waals surface area contributed by atoms with Crippen LogP contribution in [0.15, 0.2) is 40.9 Å². The number of ether oxygens (including phenoxy) is 1. The Bertz CT molecular complexity index is 774. The number of nitriles is 1. The van der Waals surface area contributed by atoms with Gasteiger partial charge in [-0.2, -0.15) is 10.4 Å². The minimum atomic E-state index is -0.562. The average Bonchev–Trinajstić information content (AvgIpc) is 2.54. The zero-order valence-corrected chi connectivity index (χ0v) is 11.7. The van der Waals surface area contributed by atoms with Gasteiger partial charge in [0.2, 0.25) is 5.71 Å². The number of nitrogens with one attached hydrogen (secondary N) is 3. The molecule has 0 saturated carbocycles. The van der Waals surface area contributed by atoms with Gasteiger partial charge in [0.25, 0.3) is 0 Å². The minimum Gasteiger partial charge on any atom is -0.461 e. The quantitative estimate of drug-likeness (QED) is 0.704. The third-order valence-electron chi connectivity index (χ3n) is 3.17. The van der Waals surface area contributed by atoms with Crippen molar-refractivity contribution in [2.24, 2.45) is 5.10 Å². The number of esters is 1. The number of para-hydroxylation sites is 2. The molecule has 0 saturated heterocycles. The van der Waals surface area contributed by atoms with Crippen LogP contribution < -0.4 is 15.6 Å². The monoisotopic (exact) mass is 296 g/mol. The Hall–Kier alpha value is -3.34. The number of amidine groups is 1. The molecule has 2 aliphatic heterocycles. The van der Waals surface area contributed by atoms with Gasteiger partial charge in [0.15, 0.2) is 17.4 Å². The van der Waals surface area contributed by atoms with E-state index in [1.54, 1.807) is 31.2 Å². The Morgan fingerprint density at radius 3 is 3.00 bits per heavy atom. The van der Waals surface area contributed by atoms with Gasteiger partial charge in [0, 0.05) is 0 Å². The van der Waals surface area contributed by atoms with Crippen LogP contribution in [0.1, 0.15) is 6.92 Å². The summed E-state index contributed by atoms with van der Waals surface area (Å²) < 4.78 is 5.02. The smallest absolute Gasteiger partial charge is 0.358 e. The molecule has 110 valence electrons. The van der Waals surface area contributed by atoms with Crippen molar-refractivity contribution in [1.29, 1.82) is 10.7 Å². The first-order valence-electron chi connectivity index (χ1n) is 6.57. The van der Waals surface area contributed by atoms with Crippen LogP contribution in [0.2, 0.25) is 0 Å². The van der Waals surface area contributed by atoms with E-state index in [9.17, 15) is 4.79 Å². The minimum absolute atomic E-state index is 0.0661. The van der Waals surface area contributed by atoms with E-state index in [2.05, 4.69) is 15.8 Å². The van der Waals surface area contributed by atoms with Crippen LogP contribution in [0.5, 0.6) is 0 Å². The number of anilines is 2. The molecule has 0 spiro atoms. The Morgan fingerprint density at radius 1 is 1.50 bits per heavy atom. The third kappa shape index (κ3) is 1.96. The van der Waals surface area contributed by atoms with Gasteiger partial charge in [0.05, 0.1) is 18.0 Å². The van der Waals surface area contributed by atoms with Crippen molar-refractivity contribution in [3.63, 3.8) is 0 Å². The second-order valence-corrected chi connectivity index (χ2v) is 4.45. The summed E-state index contributed by atoms with van der Waals surface area (Å²) in [5.74, 6) is -0.402. The molecular formula is C14H12N6O2. The molecule has 8 heteroatoms. The summed E-state index contributed by atoms with van der Waals surface area (Å²) >= 11 is 0. The second kappa shape index (κ2) is 5.21. The van der Waals surface area contributed by atoms with E-state index in [1.165, 1.54) is 4.90 Å². The van der Waals surface area contributed by atoms with Crippen LogP contribution >= 0.6 is 0 Å². The van der Waals surface area contributed by atoms with E-state index in [0.717, 1.165) is 0 Å². The van der Waals surface area contributed by atoms with Crippen molar-refractivity contribution in [2.45, 2.75) is 6.92 Å². The molecule has 1 aromatic carbocycles. The highest BCUT2D eigenvalue weighted by atomic mass is 16.5. The Balaban J connectivity index is 2.17. The average molecular weight is 296 g/mol. The standard InChI is InChI=1S/C14H12N6O2/c1-2-22-14(21)11-13-19-18-9(7-15)12(16)20(13)10-6-4-3-5-8(10)17-11/h3-6,16-17,19H,2H2,1H3. The molecule has 0 aromatic heterocycles. The van der Waals surface area contributed by atoms with Gasteiger partial charge in [-0.05, 0) is 19.1 Å². The first-order chi connectivity index (χ1) is 10.7. The van der Waals surface area contributed by atoms with E-state index in [-0.39, 0.29) is 29.7 Å². The maximum absolute atomic E-state index is 12.1. The molecule has 2 aliphatic rings. The normalized spacial score (nSPS) is 15.7. The Kier molecular flexibility index (Phi) is 3.23. The highest BCUT2D eigenvalue weighted by Crippen LogP contribution is 2.35. The van der Waals surface area contributed by atoms with Crippen molar-refractivity contribution in [1.82, 2.24) is 5.43 Å². The number of hydrogen-bond acceptors (Lipinski definition) is 7. The molecule has 0 unspecified atom stereocenters. The number of rotatable bonds is 2. The molecule has 1 aromatic rings. The summed E-state index contributed by atoms with van der Waals surface area (Å²) in [4.78, 5) is 13.6. The van der Waals surface area contributed by atoms with E-state index >= 15 is 0 Å². The maximum atomic E-state index is 12.1. The van der Waals surface area contributed by atoms with E-state index in [1.807, 2.05) is 6.07 Å². The lowest BCUT2D eigenvalue weighted by Crippen LogP contribution is -2.48. The molecule has 3 N–H and O–H groups in total.